The Morgan fingerprint density at radius 3 is 3.00 bits per heavy atom. The van der Waals surface area contributed by atoms with Gasteiger partial charge in [-0.3, -0.25) is 0 Å². The van der Waals surface area contributed by atoms with Crippen molar-refractivity contribution in [2.45, 2.75) is 25.4 Å². The minimum Gasteiger partial charge on any atom is -0.369 e. The third kappa shape index (κ3) is 2.06. The van der Waals surface area contributed by atoms with Crippen LogP contribution in [0.25, 0.3) is 11.0 Å². The van der Waals surface area contributed by atoms with Crippen LogP contribution in [0.5, 0.6) is 0 Å². The van der Waals surface area contributed by atoms with Gasteiger partial charge in [0.25, 0.3) is 0 Å². The summed E-state index contributed by atoms with van der Waals surface area (Å²) >= 11 is 0. The van der Waals surface area contributed by atoms with Gasteiger partial charge in [-0.25, -0.2) is 9.37 Å². The van der Waals surface area contributed by atoms with Crippen LogP contribution < -0.4 is 5.73 Å². The fourth-order valence-electron chi connectivity index (χ4n) is 2.31. The maximum absolute atomic E-state index is 13.1. The van der Waals surface area contributed by atoms with E-state index in [2.05, 4.69) is 16.9 Å². The lowest BCUT2D eigenvalue weighted by Crippen LogP contribution is -2.25. The van der Waals surface area contributed by atoms with Crippen molar-refractivity contribution in [3.63, 3.8) is 0 Å². The van der Waals surface area contributed by atoms with E-state index in [1.165, 1.54) is 25.0 Å². The Hall–Kier alpha value is -1.62. The van der Waals surface area contributed by atoms with Crippen molar-refractivity contribution in [2.75, 3.05) is 19.3 Å². The first-order valence-electron chi connectivity index (χ1n) is 6.26. The molecule has 1 aliphatic rings. The second-order valence-corrected chi connectivity index (χ2v) is 4.97. The van der Waals surface area contributed by atoms with Crippen molar-refractivity contribution in [1.82, 2.24) is 14.5 Å². The third-order valence-electron chi connectivity index (χ3n) is 3.59. The minimum absolute atomic E-state index is 0.276. The number of anilines is 1. The van der Waals surface area contributed by atoms with Gasteiger partial charge in [-0.1, -0.05) is 0 Å². The molecule has 0 bridgehead atoms. The van der Waals surface area contributed by atoms with E-state index in [0.29, 0.717) is 11.5 Å². The van der Waals surface area contributed by atoms with Crippen molar-refractivity contribution in [3.05, 3.63) is 24.0 Å². The highest BCUT2D eigenvalue weighted by molar-refractivity contribution is 5.78. The number of fused-ring (bicyclic) bond motifs is 1. The summed E-state index contributed by atoms with van der Waals surface area (Å²) in [5, 5.41) is 0. The average Bonchev–Trinajstić information content (AvgIpc) is 3.11. The van der Waals surface area contributed by atoms with Crippen LogP contribution in [0, 0.1) is 5.82 Å². The number of aromatic nitrogens is 2. The van der Waals surface area contributed by atoms with E-state index >= 15 is 0 Å². The molecule has 2 N–H and O–H groups in total. The highest BCUT2D eigenvalue weighted by Gasteiger charge is 2.25. The van der Waals surface area contributed by atoms with Gasteiger partial charge in [0.1, 0.15) is 5.82 Å². The molecule has 1 aliphatic carbocycles. The molecule has 1 heterocycles. The van der Waals surface area contributed by atoms with E-state index in [9.17, 15) is 4.39 Å². The van der Waals surface area contributed by atoms with Crippen molar-refractivity contribution < 1.29 is 4.39 Å². The van der Waals surface area contributed by atoms with Crippen LogP contribution in [0.15, 0.2) is 18.2 Å². The summed E-state index contributed by atoms with van der Waals surface area (Å²) < 4.78 is 15.1. The molecule has 1 fully saturated rings. The number of hydrogen-bond acceptors (Lipinski definition) is 3. The Kier molecular flexibility index (Phi) is 2.70. The summed E-state index contributed by atoms with van der Waals surface area (Å²) in [6, 6.07) is 5.35. The molecule has 1 aromatic carbocycles. The molecule has 2 aromatic rings. The summed E-state index contributed by atoms with van der Waals surface area (Å²) in [5.41, 5.74) is 7.42. The quantitative estimate of drug-likeness (QED) is 0.898. The monoisotopic (exact) mass is 248 g/mol. The van der Waals surface area contributed by atoms with Gasteiger partial charge in [-0.2, -0.15) is 0 Å². The molecular formula is C13H17FN4. The van der Waals surface area contributed by atoms with Crippen LogP contribution in [0.1, 0.15) is 12.8 Å². The van der Waals surface area contributed by atoms with Crippen molar-refractivity contribution >= 4 is 17.0 Å². The van der Waals surface area contributed by atoms with E-state index in [1.54, 1.807) is 6.07 Å². The Morgan fingerprint density at radius 2 is 2.28 bits per heavy atom. The standard InChI is InChI=1S/C13H17FN4/c1-17(10-3-4-10)6-7-18-12-5-2-9(14)8-11(12)16-13(18)15/h2,5,8,10H,3-4,6-7H2,1H3,(H2,15,16). The molecule has 0 radical (unpaired) electrons. The molecule has 4 nitrogen and oxygen atoms in total. The Morgan fingerprint density at radius 1 is 1.50 bits per heavy atom. The lowest BCUT2D eigenvalue weighted by Gasteiger charge is -2.16. The van der Waals surface area contributed by atoms with E-state index in [4.69, 9.17) is 5.73 Å². The number of rotatable bonds is 4. The molecule has 0 unspecified atom stereocenters. The predicted octanol–water partition coefficient (Wildman–Crippen LogP) is 1.85. The maximum atomic E-state index is 13.1. The summed E-state index contributed by atoms with van der Waals surface area (Å²) in [6.07, 6.45) is 2.59. The molecule has 18 heavy (non-hydrogen) atoms. The fourth-order valence-corrected chi connectivity index (χ4v) is 2.31. The van der Waals surface area contributed by atoms with Crippen LogP contribution in [0.2, 0.25) is 0 Å². The van der Waals surface area contributed by atoms with Gasteiger partial charge < -0.3 is 15.2 Å². The normalized spacial score (nSPS) is 15.7. The van der Waals surface area contributed by atoms with Gasteiger partial charge in [0.05, 0.1) is 11.0 Å². The zero-order chi connectivity index (χ0) is 12.7. The number of halogens is 1. The smallest absolute Gasteiger partial charge is 0.201 e. The van der Waals surface area contributed by atoms with E-state index in [-0.39, 0.29) is 5.82 Å². The Bertz CT molecular complexity index is 574. The number of nitrogens with two attached hydrogens (primary N) is 1. The zero-order valence-electron chi connectivity index (χ0n) is 10.4. The highest BCUT2D eigenvalue weighted by atomic mass is 19.1. The molecule has 0 atom stereocenters. The topological polar surface area (TPSA) is 47.1 Å². The molecule has 1 aromatic heterocycles. The number of imidazole rings is 1. The number of nitrogens with zero attached hydrogens (tertiary/aromatic N) is 3. The van der Waals surface area contributed by atoms with Gasteiger partial charge >= 0.3 is 0 Å². The van der Waals surface area contributed by atoms with Gasteiger partial charge in [0.15, 0.2) is 0 Å². The predicted molar refractivity (Wildman–Crippen MR) is 69.8 cm³/mol. The van der Waals surface area contributed by atoms with E-state index < -0.39 is 0 Å². The number of hydrogen-bond donors (Lipinski definition) is 1. The second-order valence-electron chi connectivity index (χ2n) is 4.97. The van der Waals surface area contributed by atoms with Crippen LogP contribution >= 0.6 is 0 Å². The third-order valence-corrected chi connectivity index (χ3v) is 3.59. The summed E-state index contributed by atoms with van der Waals surface area (Å²) in [7, 11) is 2.13. The van der Waals surface area contributed by atoms with Crippen molar-refractivity contribution in [1.29, 1.82) is 0 Å². The molecule has 0 amide bonds. The highest BCUT2D eigenvalue weighted by Crippen LogP contribution is 2.25. The van der Waals surface area contributed by atoms with Crippen molar-refractivity contribution in [2.24, 2.45) is 0 Å². The first kappa shape index (κ1) is 11.5. The van der Waals surface area contributed by atoms with Crippen LogP contribution in [-0.2, 0) is 6.54 Å². The second kappa shape index (κ2) is 4.24. The Balaban J connectivity index is 1.83. The molecular weight excluding hydrogens is 231 g/mol. The Labute approximate surface area is 105 Å². The number of nitrogen functional groups attached to an aromatic ring is 1. The number of likely N-dealkylation sites (N-methyl/N-ethyl adjacent to an activating group) is 1. The molecule has 96 valence electrons. The van der Waals surface area contributed by atoms with Crippen LogP contribution in [0.4, 0.5) is 10.3 Å². The van der Waals surface area contributed by atoms with E-state index in [0.717, 1.165) is 24.6 Å². The van der Waals surface area contributed by atoms with E-state index in [1.807, 2.05) is 4.57 Å². The average molecular weight is 248 g/mol. The molecule has 1 saturated carbocycles. The van der Waals surface area contributed by atoms with Gasteiger partial charge in [-0.15, -0.1) is 0 Å². The number of benzene rings is 1. The molecule has 0 spiro atoms. The molecule has 5 heteroatoms. The van der Waals surface area contributed by atoms with Gasteiger partial charge in [0, 0.05) is 25.2 Å². The lowest BCUT2D eigenvalue weighted by atomic mass is 10.3. The van der Waals surface area contributed by atoms with Gasteiger partial charge in [0.2, 0.25) is 5.95 Å². The largest absolute Gasteiger partial charge is 0.369 e. The molecule has 3 rings (SSSR count). The molecule has 0 aliphatic heterocycles. The first-order chi connectivity index (χ1) is 8.65. The minimum atomic E-state index is -0.276. The van der Waals surface area contributed by atoms with Crippen LogP contribution in [-0.4, -0.2) is 34.1 Å². The summed E-state index contributed by atoms with van der Waals surface area (Å²) in [4.78, 5) is 6.54. The summed E-state index contributed by atoms with van der Waals surface area (Å²) in [6.45, 7) is 1.73. The fraction of sp³-hybridized carbons (Fsp3) is 0.462. The first-order valence-corrected chi connectivity index (χ1v) is 6.26. The van der Waals surface area contributed by atoms with Crippen molar-refractivity contribution in [3.8, 4) is 0 Å². The lowest BCUT2D eigenvalue weighted by molar-refractivity contribution is 0.311. The van der Waals surface area contributed by atoms with Crippen LogP contribution in [0.3, 0.4) is 0 Å². The summed E-state index contributed by atoms with van der Waals surface area (Å²) in [5.74, 6) is 0.182. The van der Waals surface area contributed by atoms with Gasteiger partial charge in [-0.05, 0) is 32.0 Å². The zero-order valence-corrected chi connectivity index (χ0v) is 10.4. The maximum Gasteiger partial charge on any atom is 0.201 e. The SMILES string of the molecule is CN(CCn1c(N)nc2cc(F)ccc21)C1CC1. The molecule has 0 saturated heterocycles.